The minimum Gasteiger partial charge on any atom is -0.478 e. The largest absolute Gasteiger partial charge is 0.478 e. The third-order valence-corrected chi connectivity index (χ3v) is 4.19. The summed E-state index contributed by atoms with van der Waals surface area (Å²) in [7, 11) is 0. The van der Waals surface area contributed by atoms with Crippen molar-refractivity contribution in [3.05, 3.63) is 112 Å². The fourth-order valence-corrected chi connectivity index (χ4v) is 2.98. The summed E-state index contributed by atoms with van der Waals surface area (Å²) in [5.41, 5.74) is 10.4. The Morgan fingerprint density at radius 1 is 0.926 bits per heavy atom. The average molecular weight is 357 g/mol. The molecule has 3 aromatic rings. The monoisotopic (exact) mass is 357 g/mol. The summed E-state index contributed by atoms with van der Waals surface area (Å²) in [6.07, 6.45) is 0. The number of nitrogens with zero attached hydrogens (tertiary/aromatic N) is 3. The van der Waals surface area contributed by atoms with Gasteiger partial charge in [0.05, 0.1) is 11.5 Å². The molecule has 1 unspecified atom stereocenters. The molecule has 0 fully saturated rings. The van der Waals surface area contributed by atoms with Crippen molar-refractivity contribution in [1.82, 2.24) is 0 Å². The number of carboxylic acid groups (broad SMARTS) is 1. The van der Waals surface area contributed by atoms with Gasteiger partial charge in [-0.05, 0) is 28.8 Å². The Bertz CT molecular complexity index is 1030. The molecule has 0 radical (unpaired) electrons. The second-order valence-corrected chi connectivity index (χ2v) is 5.84. The fourth-order valence-electron chi connectivity index (χ4n) is 2.98. The van der Waals surface area contributed by atoms with Gasteiger partial charge in [0.1, 0.15) is 0 Å². The van der Waals surface area contributed by atoms with E-state index >= 15 is 0 Å². The Hall–Kier alpha value is -3.89. The van der Waals surface area contributed by atoms with Crippen molar-refractivity contribution in [2.75, 3.05) is 0 Å². The molecule has 3 rings (SSSR count). The van der Waals surface area contributed by atoms with Crippen molar-refractivity contribution in [3.8, 4) is 0 Å². The first-order valence-electron chi connectivity index (χ1n) is 8.18. The lowest BCUT2D eigenvalue weighted by Crippen LogP contribution is -2.18. The van der Waals surface area contributed by atoms with Crippen LogP contribution in [0.4, 0.5) is 5.69 Å². The van der Waals surface area contributed by atoms with Crippen LogP contribution in [0.25, 0.3) is 10.4 Å². The lowest BCUT2D eigenvalue weighted by Gasteiger charge is -2.19. The Balaban J connectivity index is 2.25. The van der Waals surface area contributed by atoms with Gasteiger partial charge in [0.25, 0.3) is 0 Å². The number of benzene rings is 3. The van der Waals surface area contributed by atoms with Crippen LogP contribution in [0.5, 0.6) is 0 Å². The van der Waals surface area contributed by atoms with Crippen molar-refractivity contribution in [2.45, 2.75) is 5.92 Å². The molecule has 0 spiro atoms. The molecule has 0 saturated heterocycles. The van der Waals surface area contributed by atoms with Gasteiger partial charge < -0.3 is 5.11 Å². The zero-order chi connectivity index (χ0) is 19.2. The predicted octanol–water partition coefficient (Wildman–Crippen LogP) is 5.34. The predicted molar refractivity (Wildman–Crippen MR) is 101 cm³/mol. The van der Waals surface area contributed by atoms with Crippen LogP contribution in [0.2, 0.25) is 0 Å². The van der Waals surface area contributed by atoms with E-state index < -0.39 is 11.9 Å². The highest BCUT2D eigenvalue weighted by molar-refractivity contribution is 6.05. The SMILES string of the molecule is [N-]=[N+]=Nc1ccc(C(=O)O)c(C(C(=O)c2ccccc2)c2ccccc2)c1. The summed E-state index contributed by atoms with van der Waals surface area (Å²) in [6.45, 7) is 0. The van der Waals surface area contributed by atoms with E-state index in [1.54, 1.807) is 54.6 Å². The van der Waals surface area contributed by atoms with E-state index in [-0.39, 0.29) is 22.6 Å². The highest BCUT2D eigenvalue weighted by Crippen LogP contribution is 2.33. The van der Waals surface area contributed by atoms with Crippen molar-refractivity contribution < 1.29 is 14.7 Å². The van der Waals surface area contributed by atoms with Gasteiger partial charge in [-0.25, -0.2) is 4.79 Å². The molecule has 1 N–H and O–H groups in total. The maximum atomic E-state index is 13.3. The lowest BCUT2D eigenvalue weighted by atomic mass is 9.82. The van der Waals surface area contributed by atoms with E-state index in [0.717, 1.165) is 0 Å². The van der Waals surface area contributed by atoms with Crippen LogP contribution >= 0.6 is 0 Å². The lowest BCUT2D eigenvalue weighted by molar-refractivity contribution is 0.0695. The van der Waals surface area contributed by atoms with Crippen molar-refractivity contribution >= 4 is 17.4 Å². The van der Waals surface area contributed by atoms with Gasteiger partial charge in [0, 0.05) is 16.2 Å². The summed E-state index contributed by atoms with van der Waals surface area (Å²) in [5.74, 6) is -2.23. The standard InChI is InChI=1S/C21H15N3O3/c22-24-23-16-11-12-17(21(26)27)18(13-16)19(14-7-3-1-4-8-14)20(25)15-9-5-2-6-10-15/h1-13,19H,(H,26,27). The van der Waals surface area contributed by atoms with Crippen molar-refractivity contribution in [2.24, 2.45) is 5.11 Å². The molecule has 1 atom stereocenters. The maximum absolute atomic E-state index is 13.3. The van der Waals surface area contributed by atoms with Gasteiger partial charge in [-0.15, -0.1) is 0 Å². The van der Waals surface area contributed by atoms with E-state index in [0.29, 0.717) is 11.1 Å². The van der Waals surface area contributed by atoms with Crippen LogP contribution in [0, 0.1) is 0 Å². The smallest absolute Gasteiger partial charge is 0.335 e. The number of carbonyl (C=O) groups excluding carboxylic acids is 1. The first-order chi connectivity index (χ1) is 13.1. The molecule has 0 bridgehead atoms. The third-order valence-electron chi connectivity index (χ3n) is 4.19. The number of aromatic carboxylic acids is 1. The first-order valence-corrected chi connectivity index (χ1v) is 8.18. The number of rotatable bonds is 6. The van der Waals surface area contributed by atoms with Crippen LogP contribution in [0.3, 0.4) is 0 Å². The van der Waals surface area contributed by atoms with Crippen molar-refractivity contribution in [3.63, 3.8) is 0 Å². The average Bonchev–Trinajstić information content (AvgIpc) is 2.70. The molecular weight excluding hydrogens is 342 g/mol. The fraction of sp³-hybridized carbons (Fsp3) is 0.0476. The summed E-state index contributed by atoms with van der Waals surface area (Å²) in [5, 5.41) is 13.2. The number of ketones is 1. The van der Waals surface area contributed by atoms with Crippen LogP contribution in [-0.4, -0.2) is 16.9 Å². The summed E-state index contributed by atoms with van der Waals surface area (Å²) < 4.78 is 0. The Labute approximate surface area is 155 Å². The molecule has 6 nitrogen and oxygen atoms in total. The molecule has 0 heterocycles. The van der Waals surface area contributed by atoms with Crippen LogP contribution in [0.15, 0.2) is 84.0 Å². The third kappa shape index (κ3) is 3.86. The van der Waals surface area contributed by atoms with Gasteiger partial charge in [0.2, 0.25) is 0 Å². The maximum Gasteiger partial charge on any atom is 0.335 e. The molecule has 3 aromatic carbocycles. The zero-order valence-corrected chi connectivity index (χ0v) is 14.2. The van der Waals surface area contributed by atoms with Crippen LogP contribution in [-0.2, 0) is 0 Å². The molecule has 0 aromatic heterocycles. The molecular formula is C21H15N3O3. The number of carboxylic acids is 1. The van der Waals surface area contributed by atoms with E-state index in [1.807, 2.05) is 6.07 Å². The van der Waals surface area contributed by atoms with Crippen molar-refractivity contribution in [1.29, 1.82) is 0 Å². The van der Waals surface area contributed by atoms with E-state index in [4.69, 9.17) is 5.53 Å². The zero-order valence-electron chi connectivity index (χ0n) is 14.2. The second kappa shape index (κ2) is 7.99. The van der Waals surface area contributed by atoms with Crippen LogP contribution < -0.4 is 0 Å². The molecule has 0 saturated carbocycles. The molecule has 0 amide bonds. The number of carbonyl (C=O) groups is 2. The van der Waals surface area contributed by atoms with Gasteiger partial charge in [-0.1, -0.05) is 71.8 Å². The number of azide groups is 1. The Morgan fingerprint density at radius 2 is 1.56 bits per heavy atom. The first kappa shape index (κ1) is 17.9. The topological polar surface area (TPSA) is 103 Å². The molecule has 0 aliphatic rings. The second-order valence-electron chi connectivity index (χ2n) is 5.84. The Morgan fingerprint density at radius 3 is 2.15 bits per heavy atom. The number of Topliss-reactive ketones (excluding diaryl/α,β-unsaturated/α-hetero) is 1. The molecule has 132 valence electrons. The molecule has 0 aliphatic carbocycles. The Kier molecular flexibility index (Phi) is 5.30. The van der Waals surface area contributed by atoms with Crippen LogP contribution in [0.1, 0.15) is 37.8 Å². The van der Waals surface area contributed by atoms with Gasteiger partial charge in [0.15, 0.2) is 5.78 Å². The molecule has 6 heteroatoms. The number of hydrogen-bond acceptors (Lipinski definition) is 3. The molecule has 27 heavy (non-hydrogen) atoms. The van der Waals surface area contributed by atoms with Gasteiger partial charge in [-0.3, -0.25) is 4.79 Å². The number of hydrogen-bond donors (Lipinski definition) is 1. The summed E-state index contributed by atoms with van der Waals surface area (Å²) in [6, 6.07) is 21.9. The van der Waals surface area contributed by atoms with E-state index in [9.17, 15) is 14.7 Å². The van der Waals surface area contributed by atoms with E-state index in [2.05, 4.69) is 10.0 Å². The molecule has 0 aliphatic heterocycles. The van der Waals surface area contributed by atoms with E-state index in [1.165, 1.54) is 18.2 Å². The summed E-state index contributed by atoms with van der Waals surface area (Å²) >= 11 is 0. The minimum atomic E-state index is -1.15. The minimum absolute atomic E-state index is 0.00924. The van der Waals surface area contributed by atoms with Gasteiger partial charge >= 0.3 is 5.97 Å². The highest BCUT2D eigenvalue weighted by Gasteiger charge is 2.28. The van der Waals surface area contributed by atoms with Gasteiger partial charge in [-0.2, -0.15) is 0 Å². The quantitative estimate of drug-likeness (QED) is 0.278. The normalized spacial score (nSPS) is 11.3. The summed E-state index contributed by atoms with van der Waals surface area (Å²) in [4.78, 5) is 27.8. The highest BCUT2D eigenvalue weighted by atomic mass is 16.4.